The Bertz CT molecular complexity index is 263. The van der Waals surface area contributed by atoms with E-state index in [1.165, 1.54) is 11.8 Å². The molecule has 0 aromatic carbocycles. The third kappa shape index (κ3) is 2.70. The molecule has 2 unspecified atom stereocenters. The number of piperidine rings is 1. The van der Waals surface area contributed by atoms with Gasteiger partial charge in [0.1, 0.15) is 6.04 Å². The lowest BCUT2D eigenvalue weighted by Gasteiger charge is -2.38. The van der Waals surface area contributed by atoms with Crippen LogP contribution in [0.25, 0.3) is 0 Å². The summed E-state index contributed by atoms with van der Waals surface area (Å²) in [5.74, 6) is -0.109. The molecule has 4 nitrogen and oxygen atoms in total. The summed E-state index contributed by atoms with van der Waals surface area (Å²) in [6.45, 7) is 6.22. The van der Waals surface area contributed by atoms with E-state index in [1.807, 2.05) is 0 Å². The van der Waals surface area contributed by atoms with E-state index < -0.39 is 12.0 Å². The minimum absolute atomic E-state index is 0.135. The van der Waals surface area contributed by atoms with Crippen molar-refractivity contribution in [3.05, 3.63) is 0 Å². The van der Waals surface area contributed by atoms with E-state index in [9.17, 15) is 9.59 Å². The number of aliphatic carboxylic acids is 1. The zero-order valence-corrected chi connectivity index (χ0v) is 9.56. The van der Waals surface area contributed by atoms with Gasteiger partial charge in [0, 0.05) is 13.5 Å². The summed E-state index contributed by atoms with van der Waals surface area (Å²) >= 11 is 0. The van der Waals surface area contributed by atoms with Gasteiger partial charge in [-0.2, -0.15) is 0 Å². The SMILES string of the molecule is CC(=O)N1CCC(C(C)C)CC1C(=O)O. The van der Waals surface area contributed by atoms with Gasteiger partial charge < -0.3 is 10.0 Å². The number of hydrogen-bond acceptors (Lipinski definition) is 2. The number of carbonyl (C=O) groups is 2. The lowest BCUT2D eigenvalue weighted by molar-refractivity contribution is -0.152. The molecule has 4 heteroatoms. The van der Waals surface area contributed by atoms with Gasteiger partial charge in [0.2, 0.25) is 5.91 Å². The molecule has 0 saturated carbocycles. The van der Waals surface area contributed by atoms with E-state index in [0.717, 1.165) is 6.42 Å². The largest absolute Gasteiger partial charge is 0.480 e. The fourth-order valence-electron chi connectivity index (χ4n) is 2.21. The maximum atomic E-state index is 11.3. The Morgan fingerprint density at radius 2 is 2.00 bits per heavy atom. The summed E-state index contributed by atoms with van der Waals surface area (Å²) in [6, 6.07) is -0.622. The summed E-state index contributed by atoms with van der Waals surface area (Å²) < 4.78 is 0. The number of nitrogens with zero attached hydrogens (tertiary/aromatic N) is 1. The number of hydrogen-bond donors (Lipinski definition) is 1. The molecule has 0 bridgehead atoms. The Hall–Kier alpha value is -1.06. The van der Waals surface area contributed by atoms with Gasteiger partial charge in [0.15, 0.2) is 0 Å². The summed E-state index contributed by atoms with van der Waals surface area (Å²) in [6.07, 6.45) is 1.51. The first-order chi connectivity index (χ1) is 6.93. The standard InChI is InChI=1S/C11H19NO3/c1-7(2)9-4-5-12(8(3)13)10(6-9)11(14)15/h7,9-10H,4-6H2,1-3H3,(H,14,15). The van der Waals surface area contributed by atoms with E-state index in [1.54, 1.807) is 0 Å². The molecule has 0 aromatic rings. The second kappa shape index (κ2) is 4.64. The van der Waals surface area contributed by atoms with Crippen LogP contribution in [0.1, 0.15) is 33.6 Å². The normalized spacial score (nSPS) is 26.8. The zero-order valence-electron chi connectivity index (χ0n) is 9.56. The molecular weight excluding hydrogens is 194 g/mol. The van der Waals surface area contributed by atoms with E-state index in [4.69, 9.17) is 5.11 Å². The predicted molar refractivity (Wildman–Crippen MR) is 56.4 cm³/mol. The molecule has 2 atom stereocenters. The third-order valence-corrected chi connectivity index (χ3v) is 3.28. The topological polar surface area (TPSA) is 57.6 Å². The molecule has 0 aromatic heterocycles. The molecule has 15 heavy (non-hydrogen) atoms. The molecule has 1 rings (SSSR count). The average molecular weight is 213 g/mol. The molecule has 1 fully saturated rings. The number of rotatable bonds is 2. The Kier molecular flexibility index (Phi) is 3.72. The highest BCUT2D eigenvalue weighted by Gasteiger charge is 2.35. The third-order valence-electron chi connectivity index (χ3n) is 3.28. The summed E-state index contributed by atoms with van der Waals surface area (Å²) in [7, 11) is 0. The Balaban J connectivity index is 2.74. The zero-order chi connectivity index (χ0) is 11.6. The highest BCUT2D eigenvalue weighted by molar-refractivity contribution is 5.82. The van der Waals surface area contributed by atoms with Crippen molar-refractivity contribution in [2.24, 2.45) is 11.8 Å². The van der Waals surface area contributed by atoms with Crippen LogP contribution in [0.4, 0.5) is 0 Å². The fourth-order valence-corrected chi connectivity index (χ4v) is 2.21. The van der Waals surface area contributed by atoms with Crippen LogP contribution in [0.15, 0.2) is 0 Å². The highest BCUT2D eigenvalue weighted by atomic mass is 16.4. The number of carbonyl (C=O) groups excluding carboxylic acids is 1. The van der Waals surface area contributed by atoms with Crippen LogP contribution in [0.2, 0.25) is 0 Å². The van der Waals surface area contributed by atoms with Gasteiger partial charge in [0.25, 0.3) is 0 Å². The highest BCUT2D eigenvalue weighted by Crippen LogP contribution is 2.28. The number of likely N-dealkylation sites (tertiary alicyclic amines) is 1. The van der Waals surface area contributed by atoms with Crippen molar-refractivity contribution in [2.45, 2.75) is 39.7 Å². The minimum Gasteiger partial charge on any atom is -0.480 e. The van der Waals surface area contributed by atoms with Crippen LogP contribution >= 0.6 is 0 Å². The minimum atomic E-state index is -0.879. The first-order valence-electron chi connectivity index (χ1n) is 5.43. The van der Waals surface area contributed by atoms with Gasteiger partial charge >= 0.3 is 5.97 Å². The molecular formula is C11H19NO3. The molecule has 0 aliphatic carbocycles. The molecule has 1 saturated heterocycles. The second-order valence-corrected chi connectivity index (χ2v) is 4.59. The van der Waals surface area contributed by atoms with Crippen LogP contribution in [0, 0.1) is 11.8 Å². The Morgan fingerprint density at radius 3 is 2.40 bits per heavy atom. The van der Waals surface area contributed by atoms with Crippen molar-refractivity contribution in [2.75, 3.05) is 6.54 Å². The second-order valence-electron chi connectivity index (χ2n) is 4.59. The Morgan fingerprint density at radius 1 is 1.40 bits per heavy atom. The van der Waals surface area contributed by atoms with Crippen molar-refractivity contribution in [3.63, 3.8) is 0 Å². The fraction of sp³-hybridized carbons (Fsp3) is 0.818. The number of amides is 1. The first kappa shape index (κ1) is 12.0. The van der Waals surface area contributed by atoms with Gasteiger partial charge in [-0.15, -0.1) is 0 Å². The molecule has 1 N–H and O–H groups in total. The monoisotopic (exact) mass is 213 g/mol. The Labute approximate surface area is 90.3 Å². The van der Waals surface area contributed by atoms with Crippen LogP contribution in [0.5, 0.6) is 0 Å². The maximum absolute atomic E-state index is 11.3. The van der Waals surface area contributed by atoms with Gasteiger partial charge in [-0.3, -0.25) is 4.79 Å². The van der Waals surface area contributed by atoms with E-state index in [2.05, 4.69) is 13.8 Å². The van der Waals surface area contributed by atoms with Crippen molar-refractivity contribution >= 4 is 11.9 Å². The first-order valence-corrected chi connectivity index (χ1v) is 5.43. The van der Waals surface area contributed by atoms with Crippen molar-refractivity contribution in [1.82, 2.24) is 4.90 Å². The van der Waals surface area contributed by atoms with E-state index >= 15 is 0 Å². The molecule has 0 spiro atoms. The number of carboxylic acids is 1. The number of carboxylic acid groups (broad SMARTS) is 1. The molecule has 1 aliphatic rings. The molecule has 1 amide bonds. The lowest BCUT2D eigenvalue weighted by atomic mass is 9.83. The van der Waals surface area contributed by atoms with Gasteiger partial charge in [0.05, 0.1) is 0 Å². The summed E-state index contributed by atoms with van der Waals surface area (Å²) in [5.41, 5.74) is 0. The predicted octanol–water partition coefficient (Wildman–Crippen LogP) is 1.35. The van der Waals surface area contributed by atoms with Crippen molar-refractivity contribution in [1.29, 1.82) is 0 Å². The van der Waals surface area contributed by atoms with Crippen LogP contribution in [0.3, 0.4) is 0 Å². The molecule has 1 heterocycles. The summed E-state index contributed by atoms with van der Waals surface area (Å²) in [5, 5.41) is 9.06. The quantitative estimate of drug-likeness (QED) is 0.753. The summed E-state index contributed by atoms with van der Waals surface area (Å²) in [4.78, 5) is 23.8. The van der Waals surface area contributed by atoms with Crippen LogP contribution < -0.4 is 0 Å². The smallest absolute Gasteiger partial charge is 0.326 e. The van der Waals surface area contributed by atoms with E-state index in [-0.39, 0.29) is 5.91 Å². The van der Waals surface area contributed by atoms with Gasteiger partial charge in [-0.25, -0.2) is 4.79 Å². The molecule has 0 radical (unpaired) electrons. The molecule has 1 aliphatic heterocycles. The van der Waals surface area contributed by atoms with Gasteiger partial charge in [-0.1, -0.05) is 13.8 Å². The lowest BCUT2D eigenvalue weighted by Crippen LogP contribution is -2.50. The van der Waals surface area contributed by atoms with Crippen LogP contribution in [-0.4, -0.2) is 34.5 Å². The maximum Gasteiger partial charge on any atom is 0.326 e. The van der Waals surface area contributed by atoms with E-state index in [0.29, 0.717) is 24.8 Å². The van der Waals surface area contributed by atoms with Crippen molar-refractivity contribution in [3.8, 4) is 0 Å². The van der Waals surface area contributed by atoms with Gasteiger partial charge in [-0.05, 0) is 24.7 Å². The molecule has 86 valence electrons. The van der Waals surface area contributed by atoms with Crippen molar-refractivity contribution < 1.29 is 14.7 Å². The van der Waals surface area contributed by atoms with Crippen LogP contribution in [-0.2, 0) is 9.59 Å². The average Bonchev–Trinajstić information content (AvgIpc) is 2.16.